The summed E-state index contributed by atoms with van der Waals surface area (Å²) >= 11 is 1.59. The number of hydrogen-bond donors (Lipinski definition) is 1. The first-order valence-electron chi connectivity index (χ1n) is 9.45. The molecule has 0 saturated carbocycles. The second kappa shape index (κ2) is 10.3. The lowest BCUT2D eigenvalue weighted by molar-refractivity contribution is -0.124. The van der Waals surface area contributed by atoms with E-state index in [0.29, 0.717) is 12.1 Å². The molecular formula is C22H25NO4S. The first-order chi connectivity index (χ1) is 13.6. The van der Waals surface area contributed by atoms with E-state index in [1.54, 1.807) is 23.9 Å². The fourth-order valence-corrected chi connectivity index (χ4v) is 4.09. The highest BCUT2D eigenvalue weighted by molar-refractivity contribution is 7.99. The van der Waals surface area contributed by atoms with Crippen LogP contribution in [0.25, 0.3) is 0 Å². The highest BCUT2D eigenvalue weighted by atomic mass is 32.2. The number of carbonyl (C=O) groups is 2. The van der Waals surface area contributed by atoms with Gasteiger partial charge in [0.05, 0.1) is 11.7 Å². The standard InChI is InChI=1S/C22H25NO4S/c1-16-7-2-3-8-17(16)13-23-21(24)14-27-22(25)19-10-4-5-11-20(19)28-15-18-9-6-12-26-18/h2-5,7-8,10-11,18H,6,9,12-15H2,1H3,(H,23,24). The van der Waals surface area contributed by atoms with Crippen molar-refractivity contribution in [2.75, 3.05) is 19.0 Å². The largest absolute Gasteiger partial charge is 0.452 e. The van der Waals surface area contributed by atoms with Crippen molar-refractivity contribution in [1.82, 2.24) is 5.32 Å². The summed E-state index contributed by atoms with van der Waals surface area (Å²) in [4.78, 5) is 25.3. The van der Waals surface area contributed by atoms with E-state index < -0.39 is 5.97 Å². The summed E-state index contributed by atoms with van der Waals surface area (Å²) in [5, 5.41) is 2.79. The van der Waals surface area contributed by atoms with E-state index in [0.717, 1.165) is 41.2 Å². The molecule has 1 N–H and O–H groups in total. The third-order valence-electron chi connectivity index (χ3n) is 4.63. The second-order valence-electron chi connectivity index (χ2n) is 6.72. The van der Waals surface area contributed by atoms with Gasteiger partial charge in [-0.3, -0.25) is 4.79 Å². The number of hydrogen-bond acceptors (Lipinski definition) is 5. The highest BCUT2D eigenvalue weighted by Crippen LogP contribution is 2.27. The van der Waals surface area contributed by atoms with Crippen molar-refractivity contribution in [2.45, 2.75) is 37.3 Å². The van der Waals surface area contributed by atoms with Gasteiger partial charge in [0.1, 0.15) is 0 Å². The van der Waals surface area contributed by atoms with E-state index in [2.05, 4.69) is 5.32 Å². The zero-order valence-corrected chi connectivity index (χ0v) is 16.8. The molecule has 148 valence electrons. The van der Waals surface area contributed by atoms with E-state index in [-0.39, 0.29) is 18.6 Å². The molecule has 1 unspecified atom stereocenters. The summed E-state index contributed by atoms with van der Waals surface area (Å²) in [5.74, 6) is 0.00358. The van der Waals surface area contributed by atoms with Crippen molar-refractivity contribution in [2.24, 2.45) is 0 Å². The number of esters is 1. The van der Waals surface area contributed by atoms with Gasteiger partial charge in [-0.1, -0.05) is 36.4 Å². The van der Waals surface area contributed by atoms with Crippen molar-refractivity contribution in [3.63, 3.8) is 0 Å². The summed E-state index contributed by atoms with van der Waals surface area (Å²) in [6, 6.07) is 15.2. The smallest absolute Gasteiger partial charge is 0.339 e. The Morgan fingerprint density at radius 3 is 2.75 bits per heavy atom. The van der Waals surface area contributed by atoms with E-state index in [9.17, 15) is 9.59 Å². The van der Waals surface area contributed by atoms with Gasteiger partial charge in [-0.25, -0.2) is 4.79 Å². The first kappa shape index (κ1) is 20.4. The molecule has 1 atom stereocenters. The van der Waals surface area contributed by atoms with Crippen molar-refractivity contribution in [3.8, 4) is 0 Å². The number of rotatable bonds is 8. The van der Waals surface area contributed by atoms with Gasteiger partial charge in [0.15, 0.2) is 6.61 Å². The lowest BCUT2D eigenvalue weighted by atomic mass is 10.1. The van der Waals surface area contributed by atoms with Crippen molar-refractivity contribution in [1.29, 1.82) is 0 Å². The fraction of sp³-hybridized carbons (Fsp3) is 0.364. The van der Waals surface area contributed by atoms with Crippen LogP contribution >= 0.6 is 11.8 Å². The van der Waals surface area contributed by atoms with Crippen LogP contribution in [0.5, 0.6) is 0 Å². The van der Waals surface area contributed by atoms with Gasteiger partial charge >= 0.3 is 5.97 Å². The Morgan fingerprint density at radius 1 is 1.18 bits per heavy atom. The lowest BCUT2D eigenvalue weighted by Gasteiger charge is -2.12. The lowest BCUT2D eigenvalue weighted by Crippen LogP contribution is -2.28. The van der Waals surface area contributed by atoms with E-state index >= 15 is 0 Å². The van der Waals surface area contributed by atoms with E-state index in [4.69, 9.17) is 9.47 Å². The van der Waals surface area contributed by atoms with Crippen molar-refractivity contribution in [3.05, 3.63) is 65.2 Å². The van der Waals surface area contributed by atoms with Gasteiger partial charge in [-0.2, -0.15) is 0 Å². The Morgan fingerprint density at radius 2 is 1.96 bits per heavy atom. The topological polar surface area (TPSA) is 64.6 Å². The van der Waals surface area contributed by atoms with Gasteiger partial charge in [0, 0.05) is 23.8 Å². The van der Waals surface area contributed by atoms with Crippen LogP contribution in [0.4, 0.5) is 0 Å². The number of ether oxygens (including phenoxy) is 2. The van der Waals surface area contributed by atoms with Crippen LogP contribution in [0.1, 0.15) is 34.3 Å². The molecule has 0 radical (unpaired) electrons. The molecule has 6 heteroatoms. The molecule has 3 rings (SSSR count). The molecule has 0 aliphatic carbocycles. The number of amides is 1. The van der Waals surface area contributed by atoms with E-state index in [1.165, 1.54) is 0 Å². The molecule has 0 bridgehead atoms. The highest BCUT2D eigenvalue weighted by Gasteiger charge is 2.19. The molecule has 5 nitrogen and oxygen atoms in total. The Bertz CT molecular complexity index is 818. The molecule has 2 aromatic rings. The SMILES string of the molecule is Cc1ccccc1CNC(=O)COC(=O)c1ccccc1SCC1CCCO1. The maximum atomic E-state index is 12.4. The maximum Gasteiger partial charge on any atom is 0.339 e. The third kappa shape index (κ3) is 5.84. The van der Waals surface area contributed by atoms with Crippen LogP contribution in [0, 0.1) is 6.92 Å². The number of benzene rings is 2. The van der Waals surface area contributed by atoms with Crippen LogP contribution in [0.15, 0.2) is 53.4 Å². The molecule has 0 spiro atoms. The maximum absolute atomic E-state index is 12.4. The van der Waals surface area contributed by atoms with Crippen LogP contribution in [0.2, 0.25) is 0 Å². The summed E-state index contributed by atoms with van der Waals surface area (Å²) in [6.07, 6.45) is 2.38. The molecule has 1 aliphatic heterocycles. The minimum atomic E-state index is -0.485. The first-order valence-corrected chi connectivity index (χ1v) is 10.4. The van der Waals surface area contributed by atoms with Crippen molar-refractivity contribution < 1.29 is 19.1 Å². The molecule has 1 fully saturated rings. The monoisotopic (exact) mass is 399 g/mol. The molecule has 1 heterocycles. The summed E-state index contributed by atoms with van der Waals surface area (Å²) in [5.41, 5.74) is 2.63. The Hall–Kier alpha value is -2.31. The normalized spacial score (nSPS) is 16.0. The second-order valence-corrected chi connectivity index (χ2v) is 7.78. The zero-order chi connectivity index (χ0) is 19.8. The van der Waals surface area contributed by atoms with Gasteiger partial charge in [-0.05, 0) is 43.0 Å². The summed E-state index contributed by atoms with van der Waals surface area (Å²) in [7, 11) is 0. The number of aryl methyl sites for hydroxylation is 1. The van der Waals surface area contributed by atoms with Crippen LogP contribution < -0.4 is 5.32 Å². The Labute approximate surface area is 169 Å². The minimum absolute atomic E-state index is 0.237. The molecule has 28 heavy (non-hydrogen) atoms. The number of carbonyl (C=O) groups excluding carboxylic acids is 2. The van der Waals surface area contributed by atoms with E-state index in [1.807, 2.05) is 43.3 Å². The zero-order valence-electron chi connectivity index (χ0n) is 16.0. The molecule has 1 saturated heterocycles. The van der Waals surface area contributed by atoms with Crippen molar-refractivity contribution >= 4 is 23.6 Å². The molecule has 1 amide bonds. The van der Waals surface area contributed by atoms with Gasteiger partial charge in [-0.15, -0.1) is 11.8 Å². The molecule has 2 aromatic carbocycles. The molecule has 1 aliphatic rings. The summed E-state index contributed by atoms with van der Waals surface area (Å²) in [6.45, 7) is 2.92. The average molecular weight is 400 g/mol. The van der Waals surface area contributed by atoms with Gasteiger partial charge in [0.2, 0.25) is 0 Å². The van der Waals surface area contributed by atoms with Crippen LogP contribution in [-0.2, 0) is 20.8 Å². The number of thioether (sulfide) groups is 1. The predicted molar refractivity (Wildman–Crippen MR) is 109 cm³/mol. The minimum Gasteiger partial charge on any atom is -0.452 e. The quantitative estimate of drug-likeness (QED) is 0.541. The Kier molecular flexibility index (Phi) is 7.51. The molecule has 0 aromatic heterocycles. The summed E-state index contributed by atoms with van der Waals surface area (Å²) < 4.78 is 10.9. The predicted octanol–water partition coefficient (Wildman–Crippen LogP) is 3.74. The Balaban J connectivity index is 1.48. The average Bonchev–Trinajstić information content (AvgIpc) is 3.24. The van der Waals surface area contributed by atoms with Crippen LogP contribution in [0.3, 0.4) is 0 Å². The number of nitrogens with one attached hydrogen (secondary N) is 1. The van der Waals surface area contributed by atoms with Crippen LogP contribution in [-0.4, -0.2) is 36.9 Å². The molecular weight excluding hydrogens is 374 g/mol. The van der Waals surface area contributed by atoms with Gasteiger partial charge in [0.25, 0.3) is 5.91 Å². The fourth-order valence-electron chi connectivity index (χ4n) is 2.98. The third-order valence-corrected chi connectivity index (χ3v) is 5.83. The van der Waals surface area contributed by atoms with Gasteiger partial charge < -0.3 is 14.8 Å².